The van der Waals surface area contributed by atoms with E-state index in [9.17, 15) is 14.4 Å². The van der Waals surface area contributed by atoms with Crippen molar-refractivity contribution in [2.24, 2.45) is 5.92 Å². The van der Waals surface area contributed by atoms with Crippen LogP contribution in [-0.4, -0.2) is 28.8 Å². The summed E-state index contributed by atoms with van der Waals surface area (Å²) in [5.41, 5.74) is 2.55. The molecule has 7 nitrogen and oxygen atoms in total. The lowest BCUT2D eigenvalue weighted by molar-refractivity contribution is -0.119. The van der Waals surface area contributed by atoms with Crippen LogP contribution in [-0.2, 0) is 4.79 Å². The van der Waals surface area contributed by atoms with Gasteiger partial charge in [-0.1, -0.05) is 12.1 Å². The van der Waals surface area contributed by atoms with Crippen molar-refractivity contribution in [2.75, 3.05) is 17.3 Å². The van der Waals surface area contributed by atoms with Crippen molar-refractivity contribution in [3.8, 4) is 0 Å². The summed E-state index contributed by atoms with van der Waals surface area (Å²) in [6.45, 7) is 0. The quantitative estimate of drug-likeness (QED) is 0.674. The third kappa shape index (κ3) is 2.99. The Morgan fingerprint density at radius 1 is 1.08 bits per heavy atom. The second kappa shape index (κ2) is 6.18. The SMILES string of the molecule is CN(C(=O)C1CC1)c1ccccc1C(=O)Nc1ccc2[nH]c(=O)[nH]c2c1. The molecule has 3 aromatic rings. The number of benzene rings is 2. The molecule has 0 spiro atoms. The molecule has 1 heterocycles. The monoisotopic (exact) mass is 350 g/mol. The molecule has 26 heavy (non-hydrogen) atoms. The van der Waals surface area contributed by atoms with E-state index in [-0.39, 0.29) is 23.4 Å². The first-order valence-electron chi connectivity index (χ1n) is 8.43. The van der Waals surface area contributed by atoms with Gasteiger partial charge in [-0.25, -0.2) is 4.79 Å². The van der Waals surface area contributed by atoms with Crippen LogP contribution in [0.3, 0.4) is 0 Å². The predicted octanol–water partition coefficient (Wildman–Crippen LogP) is 2.48. The number of rotatable bonds is 4. The number of carbonyl (C=O) groups excluding carboxylic acids is 2. The maximum atomic E-state index is 12.8. The molecule has 4 rings (SSSR count). The van der Waals surface area contributed by atoms with Crippen LogP contribution in [0.15, 0.2) is 47.3 Å². The number of aromatic nitrogens is 2. The van der Waals surface area contributed by atoms with Gasteiger partial charge in [0.25, 0.3) is 5.91 Å². The lowest BCUT2D eigenvalue weighted by Crippen LogP contribution is -2.29. The Bertz CT molecular complexity index is 1060. The van der Waals surface area contributed by atoms with Gasteiger partial charge >= 0.3 is 5.69 Å². The fraction of sp³-hybridized carbons (Fsp3) is 0.211. The van der Waals surface area contributed by atoms with Crippen LogP contribution in [0.4, 0.5) is 11.4 Å². The second-order valence-electron chi connectivity index (χ2n) is 6.48. The summed E-state index contributed by atoms with van der Waals surface area (Å²) < 4.78 is 0. The molecular weight excluding hydrogens is 332 g/mol. The second-order valence-corrected chi connectivity index (χ2v) is 6.48. The standard InChI is InChI=1S/C19H18N4O3/c1-23(18(25)11-6-7-11)16-5-3-2-4-13(16)17(24)20-12-8-9-14-15(10-12)22-19(26)21-14/h2-5,8-11H,6-7H2,1H3,(H,20,24)(H2,21,22,26). The molecule has 1 aliphatic carbocycles. The molecule has 1 aromatic heterocycles. The van der Waals surface area contributed by atoms with E-state index in [0.717, 1.165) is 12.8 Å². The smallest absolute Gasteiger partial charge is 0.322 e. The number of carbonyl (C=O) groups is 2. The average Bonchev–Trinajstić information content (AvgIpc) is 3.42. The number of hydrogen-bond donors (Lipinski definition) is 3. The fourth-order valence-electron chi connectivity index (χ4n) is 2.99. The molecule has 0 unspecified atom stereocenters. The van der Waals surface area contributed by atoms with Gasteiger partial charge in [-0.2, -0.15) is 0 Å². The van der Waals surface area contributed by atoms with Crippen LogP contribution in [0.2, 0.25) is 0 Å². The molecule has 0 saturated heterocycles. The molecule has 2 amide bonds. The van der Waals surface area contributed by atoms with Crippen molar-refractivity contribution in [3.63, 3.8) is 0 Å². The summed E-state index contributed by atoms with van der Waals surface area (Å²) in [6.07, 6.45) is 1.82. The Morgan fingerprint density at radius 3 is 2.58 bits per heavy atom. The maximum absolute atomic E-state index is 12.8. The van der Waals surface area contributed by atoms with E-state index >= 15 is 0 Å². The lowest BCUT2D eigenvalue weighted by atomic mass is 10.1. The summed E-state index contributed by atoms with van der Waals surface area (Å²) >= 11 is 0. The van der Waals surface area contributed by atoms with Crippen molar-refractivity contribution in [1.29, 1.82) is 0 Å². The highest BCUT2D eigenvalue weighted by Crippen LogP contribution is 2.33. The number of hydrogen-bond acceptors (Lipinski definition) is 3. The highest BCUT2D eigenvalue weighted by atomic mass is 16.2. The van der Waals surface area contributed by atoms with Crippen molar-refractivity contribution < 1.29 is 9.59 Å². The van der Waals surface area contributed by atoms with Gasteiger partial charge in [0.2, 0.25) is 5.91 Å². The van der Waals surface area contributed by atoms with Gasteiger partial charge in [-0.3, -0.25) is 9.59 Å². The summed E-state index contributed by atoms with van der Waals surface area (Å²) in [4.78, 5) is 43.3. The Labute approximate surface area is 149 Å². The van der Waals surface area contributed by atoms with Crippen molar-refractivity contribution in [1.82, 2.24) is 9.97 Å². The van der Waals surface area contributed by atoms with Gasteiger partial charge < -0.3 is 20.2 Å². The number of nitrogens with zero attached hydrogens (tertiary/aromatic N) is 1. The van der Waals surface area contributed by atoms with Gasteiger partial charge in [-0.15, -0.1) is 0 Å². The first-order chi connectivity index (χ1) is 12.5. The van der Waals surface area contributed by atoms with Crippen LogP contribution < -0.4 is 15.9 Å². The van der Waals surface area contributed by atoms with Crippen molar-refractivity contribution in [3.05, 3.63) is 58.5 Å². The van der Waals surface area contributed by atoms with E-state index in [1.54, 1.807) is 54.4 Å². The zero-order chi connectivity index (χ0) is 18.3. The van der Waals surface area contributed by atoms with Gasteiger partial charge in [0.05, 0.1) is 22.3 Å². The highest BCUT2D eigenvalue weighted by molar-refractivity contribution is 6.11. The number of para-hydroxylation sites is 1. The topological polar surface area (TPSA) is 98.1 Å². The molecule has 0 bridgehead atoms. The largest absolute Gasteiger partial charge is 0.323 e. The van der Waals surface area contributed by atoms with E-state index in [1.165, 1.54) is 0 Å². The molecule has 1 aliphatic rings. The summed E-state index contributed by atoms with van der Waals surface area (Å²) in [6, 6.07) is 12.1. The minimum absolute atomic E-state index is 0.0385. The number of fused-ring (bicyclic) bond motifs is 1. The minimum atomic E-state index is -0.312. The number of anilines is 2. The predicted molar refractivity (Wildman–Crippen MR) is 99.4 cm³/mol. The molecule has 0 aliphatic heterocycles. The Kier molecular flexibility index (Phi) is 3.84. The van der Waals surface area contributed by atoms with Crippen molar-refractivity contribution in [2.45, 2.75) is 12.8 Å². The minimum Gasteiger partial charge on any atom is -0.322 e. The van der Waals surface area contributed by atoms with Gasteiger partial charge in [0.15, 0.2) is 0 Å². The van der Waals surface area contributed by atoms with Crippen LogP contribution in [0, 0.1) is 5.92 Å². The van der Waals surface area contributed by atoms with Crippen LogP contribution in [0.5, 0.6) is 0 Å². The molecular formula is C19H18N4O3. The third-order valence-electron chi connectivity index (χ3n) is 4.54. The summed E-state index contributed by atoms with van der Waals surface area (Å²) in [5.74, 6) is -0.200. The Morgan fingerprint density at radius 2 is 1.81 bits per heavy atom. The first-order valence-corrected chi connectivity index (χ1v) is 8.43. The van der Waals surface area contributed by atoms with E-state index in [4.69, 9.17) is 0 Å². The maximum Gasteiger partial charge on any atom is 0.323 e. The normalized spacial score (nSPS) is 13.6. The molecule has 0 radical (unpaired) electrons. The molecule has 132 valence electrons. The van der Waals surface area contributed by atoms with Gasteiger partial charge in [0, 0.05) is 18.7 Å². The van der Waals surface area contributed by atoms with E-state index < -0.39 is 0 Å². The van der Waals surface area contributed by atoms with Gasteiger partial charge in [-0.05, 0) is 43.2 Å². The van der Waals surface area contributed by atoms with E-state index in [0.29, 0.717) is 28.0 Å². The van der Waals surface area contributed by atoms with Crippen molar-refractivity contribution >= 4 is 34.2 Å². The fourth-order valence-corrected chi connectivity index (χ4v) is 2.99. The molecule has 3 N–H and O–H groups in total. The van der Waals surface area contributed by atoms with E-state index in [2.05, 4.69) is 15.3 Å². The molecule has 0 atom stereocenters. The molecule has 1 saturated carbocycles. The third-order valence-corrected chi connectivity index (χ3v) is 4.54. The first kappa shape index (κ1) is 16.1. The summed E-state index contributed by atoms with van der Waals surface area (Å²) in [5, 5.41) is 2.83. The lowest BCUT2D eigenvalue weighted by Gasteiger charge is -2.20. The summed E-state index contributed by atoms with van der Waals surface area (Å²) in [7, 11) is 1.70. The zero-order valence-electron chi connectivity index (χ0n) is 14.2. The zero-order valence-corrected chi connectivity index (χ0v) is 14.2. The highest BCUT2D eigenvalue weighted by Gasteiger charge is 2.33. The van der Waals surface area contributed by atoms with E-state index in [1.807, 2.05) is 0 Å². The number of imidazole rings is 1. The van der Waals surface area contributed by atoms with Gasteiger partial charge in [0.1, 0.15) is 0 Å². The average molecular weight is 350 g/mol. The number of nitrogens with one attached hydrogen (secondary N) is 3. The van der Waals surface area contributed by atoms with Crippen LogP contribution >= 0.6 is 0 Å². The molecule has 1 fully saturated rings. The number of H-pyrrole nitrogens is 2. The Hall–Kier alpha value is -3.35. The number of amides is 2. The van der Waals surface area contributed by atoms with Crippen LogP contribution in [0.25, 0.3) is 11.0 Å². The van der Waals surface area contributed by atoms with Crippen LogP contribution in [0.1, 0.15) is 23.2 Å². The molecule has 2 aromatic carbocycles. The molecule has 7 heteroatoms. The Balaban J connectivity index is 1.61. The number of aromatic amines is 2.